The molecule has 2 heterocycles. The van der Waals surface area contributed by atoms with Crippen LogP contribution in [0.1, 0.15) is 34.1 Å². The molecule has 0 radical (unpaired) electrons. The number of aliphatic imine (C=N–C) groups is 1. The number of aryl methyl sites for hydroxylation is 2. The van der Waals surface area contributed by atoms with Gasteiger partial charge in [0.25, 0.3) is 0 Å². The van der Waals surface area contributed by atoms with Crippen molar-refractivity contribution >= 4 is 34.5 Å². The number of amidine groups is 1. The van der Waals surface area contributed by atoms with E-state index in [9.17, 15) is 10.1 Å². The van der Waals surface area contributed by atoms with Crippen molar-refractivity contribution in [1.82, 2.24) is 15.4 Å². The Kier molecular flexibility index (Phi) is 9.64. The van der Waals surface area contributed by atoms with Crippen LogP contribution in [0, 0.1) is 24.0 Å². The third-order valence-electron chi connectivity index (χ3n) is 5.88. The van der Waals surface area contributed by atoms with Gasteiger partial charge in [0, 0.05) is 17.6 Å². The molecule has 1 aliphatic rings. The smallest absolute Gasteiger partial charge is 0.338 e. The zero-order chi connectivity index (χ0) is 27.8. The van der Waals surface area contributed by atoms with E-state index in [-0.39, 0.29) is 36.2 Å². The average molecular weight is 569 g/mol. The molecule has 3 aromatic rings. The van der Waals surface area contributed by atoms with Gasteiger partial charge in [0.15, 0.2) is 10.2 Å². The fourth-order valence-corrected chi connectivity index (χ4v) is 4.79. The highest BCUT2D eigenvalue weighted by Gasteiger charge is 2.34. The van der Waals surface area contributed by atoms with Crippen LogP contribution in [0.2, 0.25) is 4.47 Å². The highest BCUT2D eigenvalue weighted by molar-refractivity contribution is 7.15. The van der Waals surface area contributed by atoms with E-state index < -0.39 is 4.92 Å². The summed E-state index contributed by atoms with van der Waals surface area (Å²) < 4.78 is 0.410. The van der Waals surface area contributed by atoms with Gasteiger partial charge in [-0.25, -0.2) is 4.98 Å². The molecule has 12 heteroatoms. The lowest BCUT2D eigenvalue weighted by atomic mass is 10.2. The molecule has 0 aliphatic carbocycles. The second-order valence-electron chi connectivity index (χ2n) is 9.00. The third-order valence-corrected chi connectivity index (χ3v) is 6.98. The number of oxime groups is 1. The number of nitrogens with zero attached hydrogens (tertiary/aromatic N) is 5. The molecule has 0 bridgehead atoms. The first kappa shape index (κ1) is 28.2. The van der Waals surface area contributed by atoms with Gasteiger partial charge >= 0.3 is 5.70 Å². The Morgan fingerprint density at radius 2 is 1.77 bits per heavy atom. The van der Waals surface area contributed by atoms with Crippen molar-refractivity contribution in [1.29, 1.82) is 0 Å². The van der Waals surface area contributed by atoms with Crippen LogP contribution in [0.15, 0.2) is 76.3 Å². The Morgan fingerprint density at radius 3 is 2.36 bits per heavy atom. The van der Waals surface area contributed by atoms with Crippen molar-refractivity contribution in [3.8, 4) is 0 Å². The highest BCUT2D eigenvalue weighted by atomic mass is 35.5. The van der Waals surface area contributed by atoms with Crippen LogP contribution < -0.4 is 5.48 Å². The summed E-state index contributed by atoms with van der Waals surface area (Å²) in [6, 6.07) is 15.7. The van der Waals surface area contributed by atoms with Crippen molar-refractivity contribution in [2.45, 2.75) is 40.5 Å². The van der Waals surface area contributed by atoms with Gasteiger partial charge in [0.05, 0.1) is 24.6 Å². The predicted octanol–water partition coefficient (Wildman–Crippen LogP) is 5.43. The summed E-state index contributed by atoms with van der Waals surface area (Å²) in [7, 11) is 0. The van der Waals surface area contributed by atoms with Crippen LogP contribution >= 0.6 is 22.9 Å². The SMILES string of the molecule is CC(=N\OCc1ccc(C)cc1)/C(NOCc1ccc(C)cc1)=C(/C1=NCCN1Cc1cnc(Cl)s1)[N+](=O)[O-]. The number of nitro groups is 1. The molecule has 204 valence electrons. The Bertz CT molecular complexity index is 1390. The van der Waals surface area contributed by atoms with E-state index in [1.807, 2.05) is 67.3 Å². The Hall–Kier alpha value is -3.80. The van der Waals surface area contributed by atoms with E-state index in [1.165, 1.54) is 11.3 Å². The topological polar surface area (TPSA) is 114 Å². The highest BCUT2D eigenvalue weighted by Crippen LogP contribution is 2.23. The minimum atomic E-state index is -0.479. The monoisotopic (exact) mass is 568 g/mol. The van der Waals surface area contributed by atoms with Crippen molar-refractivity contribution in [3.05, 3.63) is 108 Å². The molecule has 0 saturated heterocycles. The third kappa shape index (κ3) is 7.85. The first-order valence-electron chi connectivity index (χ1n) is 12.2. The maximum Gasteiger partial charge on any atom is 0.338 e. The second kappa shape index (κ2) is 13.3. The predicted molar refractivity (Wildman–Crippen MR) is 152 cm³/mol. The Morgan fingerprint density at radius 1 is 1.13 bits per heavy atom. The lowest BCUT2D eigenvalue weighted by Gasteiger charge is -2.19. The van der Waals surface area contributed by atoms with Gasteiger partial charge in [0.1, 0.15) is 12.3 Å². The quantitative estimate of drug-likeness (QED) is 0.176. The molecule has 2 aromatic carbocycles. The van der Waals surface area contributed by atoms with E-state index in [4.69, 9.17) is 21.3 Å². The summed E-state index contributed by atoms with van der Waals surface area (Å²) in [6.07, 6.45) is 1.66. The van der Waals surface area contributed by atoms with Gasteiger partial charge in [0.2, 0.25) is 5.84 Å². The number of halogens is 1. The number of nitrogens with one attached hydrogen (secondary N) is 1. The Labute approximate surface area is 235 Å². The number of thiazole rings is 1. The van der Waals surface area contributed by atoms with Gasteiger partial charge in [-0.2, -0.15) is 0 Å². The number of benzene rings is 2. The molecular weight excluding hydrogens is 540 g/mol. The zero-order valence-electron chi connectivity index (χ0n) is 21.9. The molecule has 0 saturated carbocycles. The number of hydroxylamine groups is 1. The minimum Gasteiger partial charge on any atom is -0.391 e. The fraction of sp³-hybridized carbons (Fsp3) is 0.296. The van der Waals surface area contributed by atoms with Crippen molar-refractivity contribution in [3.63, 3.8) is 0 Å². The van der Waals surface area contributed by atoms with Crippen LogP contribution in [0.3, 0.4) is 0 Å². The summed E-state index contributed by atoms with van der Waals surface area (Å²) in [6.45, 7) is 7.33. The lowest BCUT2D eigenvalue weighted by molar-refractivity contribution is -0.417. The van der Waals surface area contributed by atoms with Crippen LogP contribution in [0.5, 0.6) is 0 Å². The van der Waals surface area contributed by atoms with Gasteiger partial charge < -0.3 is 9.74 Å². The zero-order valence-corrected chi connectivity index (χ0v) is 23.5. The Balaban J connectivity index is 1.60. The summed E-state index contributed by atoms with van der Waals surface area (Å²) in [5, 5.41) is 16.6. The standard InChI is InChI=1S/C27H29ClN6O4S/c1-18-4-8-21(9-5-18)16-37-31-20(3)24(32-38-17-22-10-6-19(2)7-11-22)25(34(35)36)26-29-12-13-33(26)15-23-14-30-27(28)39-23/h4-11,14,32H,12-13,15-17H2,1-3H3/b25-24+,31-20+. The van der Waals surface area contributed by atoms with Crippen LogP contribution in [-0.4, -0.2) is 39.4 Å². The molecule has 0 amide bonds. The number of aromatic nitrogens is 1. The number of hydrogen-bond acceptors (Lipinski definition) is 10. The largest absolute Gasteiger partial charge is 0.391 e. The molecule has 0 unspecified atom stereocenters. The second-order valence-corrected chi connectivity index (χ2v) is 10.7. The fourth-order valence-electron chi connectivity index (χ4n) is 3.79. The number of hydrogen-bond donors (Lipinski definition) is 1. The summed E-state index contributed by atoms with van der Waals surface area (Å²) >= 11 is 7.31. The van der Waals surface area contributed by atoms with Crippen molar-refractivity contribution in [2.75, 3.05) is 13.1 Å². The van der Waals surface area contributed by atoms with Gasteiger partial charge in [-0.1, -0.05) is 76.4 Å². The van der Waals surface area contributed by atoms with E-state index in [0.29, 0.717) is 24.1 Å². The summed E-state index contributed by atoms with van der Waals surface area (Å²) in [4.78, 5) is 34.5. The van der Waals surface area contributed by atoms with Crippen LogP contribution in [0.4, 0.5) is 0 Å². The first-order valence-corrected chi connectivity index (χ1v) is 13.4. The molecule has 1 aliphatic heterocycles. The van der Waals surface area contributed by atoms with E-state index in [0.717, 1.165) is 27.1 Å². The first-order chi connectivity index (χ1) is 18.8. The summed E-state index contributed by atoms with van der Waals surface area (Å²) in [5.74, 6) is 0.221. The lowest BCUT2D eigenvalue weighted by Crippen LogP contribution is -2.35. The van der Waals surface area contributed by atoms with E-state index >= 15 is 0 Å². The number of allylic oxidation sites excluding steroid dienone is 1. The molecule has 0 atom stereocenters. The summed E-state index contributed by atoms with van der Waals surface area (Å²) in [5.41, 5.74) is 6.91. The number of rotatable bonds is 12. The van der Waals surface area contributed by atoms with Crippen molar-refractivity contribution in [2.24, 2.45) is 10.1 Å². The molecule has 4 rings (SSSR count). The minimum absolute atomic E-state index is 0.0593. The van der Waals surface area contributed by atoms with Gasteiger partial charge in [-0.05, 0) is 31.9 Å². The molecule has 39 heavy (non-hydrogen) atoms. The van der Waals surface area contributed by atoms with E-state index in [2.05, 4.69) is 20.6 Å². The molecular formula is C27H29ClN6O4S. The molecule has 1 aromatic heterocycles. The van der Waals surface area contributed by atoms with Crippen molar-refractivity contribution < 1.29 is 14.6 Å². The van der Waals surface area contributed by atoms with Crippen LogP contribution in [-0.2, 0) is 29.4 Å². The normalized spacial score (nSPS) is 14.2. The average Bonchev–Trinajstić information content (AvgIpc) is 3.54. The molecule has 0 fully saturated rings. The molecule has 10 nitrogen and oxygen atoms in total. The maximum absolute atomic E-state index is 12.5. The van der Waals surface area contributed by atoms with E-state index in [1.54, 1.807) is 13.1 Å². The van der Waals surface area contributed by atoms with Crippen LogP contribution in [0.25, 0.3) is 0 Å². The van der Waals surface area contributed by atoms with Gasteiger partial charge in [-0.3, -0.25) is 25.4 Å². The maximum atomic E-state index is 12.5. The molecule has 0 spiro atoms. The molecule has 1 N–H and O–H groups in total. The van der Waals surface area contributed by atoms with Gasteiger partial charge in [-0.15, -0.1) is 11.3 Å².